The quantitative estimate of drug-likeness (QED) is 0.453. The second kappa shape index (κ2) is 15.7. The topological polar surface area (TPSA) is 17.1 Å². The summed E-state index contributed by atoms with van der Waals surface area (Å²) >= 11 is 1.79. The molecule has 0 bridgehead atoms. The van der Waals surface area contributed by atoms with Gasteiger partial charge in [0.2, 0.25) is 0 Å². The molecular weight excluding hydrogens is 300 g/mol. The molecule has 2 heteroatoms. The molecule has 0 aliphatic carbocycles. The van der Waals surface area contributed by atoms with E-state index in [0.29, 0.717) is 5.78 Å². The number of carbonyl (C=O) groups excluding carboxylic acids is 1. The van der Waals surface area contributed by atoms with Crippen molar-refractivity contribution in [2.24, 2.45) is 0 Å². The Balaban J connectivity index is 0.000000388. The van der Waals surface area contributed by atoms with Crippen LogP contribution in [0.25, 0.3) is 10.1 Å². The standard InChI is InChI=1S/C11H22O.C8H6S.C2H6/c1-3-4-5-6-7-8-9-10-11(2)12;1-2-4-8-7(3-1)5-6-9-8;1-2/h3-10H2,1-2H3;1-6H;1-2H3. The van der Waals surface area contributed by atoms with Crippen molar-refractivity contribution in [3.05, 3.63) is 35.7 Å². The third kappa shape index (κ3) is 12.0. The van der Waals surface area contributed by atoms with Gasteiger partial charge in [0.25, 0.3) is 0 Å². The summed E-state index contributed by atoms with van der Waals surface area (Å²) in [5.74, 6) is 0.337. The summed E-state index contributed by atoms with van der Waals surface area (Å²) in [6.45, 7) is 7.91. The summed E-state index contributed by atoms with van der Waals surface area (Å²) in [6.07, 6.45) is 9.84. The first kappa shape index (κ1) is 21.9. The van der Waals surface area contributed by atoms with Crippen LogP contribution in [0.4, 0.5) is 0 Å². The SMILES string of the molecule is CC.CCCCCCCCCC(C)=O.c1ccc2sccc2c1. The van der Waals surface area contributed by atoms with E-state index < -0.39 is 0 Å². The molecule has 0 saturated heterocycles. The van der Waals surface area contributed by atoms with Crippen LogP contribution in [0.1, 0.15) is 79.1 Å². The second-order valence-electron chi connectivity index (χ2n) is 5.53. The maximum Gasteiger partial charge on any atom is 0.129 e. The molecule has 0 amide bonds. The van der Waals surface area contributed by atoms with Gasteiger partial charge in [-0.05, 0) is 36.2 Å². The van der Waals surface area contributed by atoms with Gasteiger partial charge in [0.05, 0.1) is 0 Å². The minimum Gasteiger partial charge on any atom is -0.300 e. The lowest BCUT2D eigenvalue weighted by Crippen LogP contribution is -1.89. The molecule has 2 aromatic rings. The predicted octanol–water partition coefficient (Wildman–Crippen LogP) is 7.64. The maximum atomic E-state index is 10.6. The summed E-state index contributed by atoms with van der Waals surface area (Å²) in [6, 6.07) is 10.5. The fraction of sp³-hybridized carbons (Fsp3) is 0.571. The van der Waals surface area contributed by atoms with Crippen LogP contribution in [0.2, 0.25) is 0 Å². The van der Waals surface area contributed by atoms with E-state index in [2.05, 4.69) is 42.6 Å². The van der Waals surface area contributed by atoms with Crippen LogP contribution in [0.3, 0.4) is 0 Å². The van der Waals surface area contributed by atoms with Crippen molar-refractivity contribution in [2.75, 3.05) is 0 Å². The third-order valence-corrected chi connectivity index (χ3v) is 4.39. The molecule has 2 rings (SSSR count). The number of rotatable bonds is 8. The number of unbranched alkanes of at least 4 members (excludes halogenated alkanes) is 6. The first-order valence-electron chi connectivity index (χ1n) is 9.15. The summed E-state index contributed by atoms with van der Waals surface area (Å²) in [4.78, 5) is 10.6. The van der Waals surface area contributed by atoms with Crippen LogP contribution in [-0.2, 0) is 4.79 Å². The van der Waals surface area contributed by atoms with Gasteiger partial charge in [0.1, 0.15) is 5.78 Å². The molecule has 1 aromatic carbocycles. The minimum absolute atomic E-state index is 0.337. The van der Waals surface area contributed by atoms with Gasteiger partial charge in [0.15, 0.2) is 0 Å². The van der Waals surface area contributed by atoms with E-state index in [1.807, 2.05) is 13.8 Å². The molecule has 0 radical (unpaired) electrons. The van der Waals surface area contributed by atoms with Crippen LogP contribution >= 0.6 is 11.3 Å². The Morgan fingerprint density at radius 2 is 1.52 bits per heavy atom. The average Bonchev–Trinajstić information content (AvgIpc) is 3.05. The molecule has 0 aliphatic rings. The Kier molecular flexibility index (Phi) is 14.9. The van der Waals surface area contributed by atoms with E-state index in [9.17, 15) is 4.79 Å². The average molecular weight is 335 g/mol. The lowest BCUT2D eigenvalue weighted by molar-refractivity contribution is -0.117. The van der Waals surface area contributed by atoms with Gasteiger partial charge in [-0.2, -0.15) is 0 Å². The van der Waals surface area contributed by atoms with Crippen molar-refractivity contribution >= 4 is 27.2 Å². The van der Waals surface area contributed by atoms with Crippen molar-refractivity contribution in [1.82, 2.24) is 0 Å². The van der Waals surface area contributed by atoms with Gasteiger partial charge < -0.3 is 4.79 Å². The number of benzene rings is 1. The van der Waals surface area contributed by atoms with E-state index in [1.54, 1.807) is 18.3 Å². The van der Waals surface area contributed by atoms with Gasteiger partial charge in [-0.3, -0.25) is 0 Å². The summed E-state index contributed by atoms with van der Waals surface area (Å²) in [5.41, 5.74) is 0. The Labute approximate surface area is 147 Å². The molecule has 1 aromatic heterocycles. The molecule has 0 fully saturated rings. The second-order valence-corrected chi connectivity index (χ2v) is 6.48. The molecule has 0 saturated carbocycles. The van der Waals surface area contributed by atoms with Crippen molar-refractivity contribution in [2.45, 2.75) is 79.1 Å². The van der Waals surface area contributed by atoms with E-state index in [-0.39, 0.29) is 0 Å². The third-order valence-electron chi connectivity index (χ3n) is 3.49. The van der Waals surface area contributed by atoms with Gasteiger partial charge >= 0.3 is 0 Å². The number of hydrogen-bond donors (Lipinski definition) is 0. The monoisotopic (exact) mass is 334 g/mol. The molecule has 0 atom stereocenters. The summed E-state index contributed by atoms with van der Waals surface area (Å²) in [5, 5.41) is 3.47. The lowest BCUT2D eigenvalue weighted by Gasteiger charge is -1.98. The number of carbonyl (C=O) groups is 1. The maximum absolute atomic E-state index is 10.6. The molecule has 1 heterocycles. The molecule has 0 spiro atoms. The van der Waals surface area contributed by atoms with Crippen molar-refractivity contribution in [3.63, 3.8) is 0 Å². The zero-order chi connectivity index (χ0) is 17.3. The molecule has 130 valence electrons. The molecule has 23 heavy (non-hydrogen) atoms. The van der Waals surface area contributed by atoms with Gasteiger partial charge in [-0.1, -0.05) is 77.5 Å². The van der Waals surface area contributed by atoms with E-state index in [1.165, 1.54) is 48.6 Å². The summed E-state index contributed by atoms with van der Waals surface area (Å²) < 4.78 is 1.37. The summed E-state index contributed by atoms with van der Waals surface area (Å²) in [7, 11) is 0. The van der Waals surface area contributed by atoms with Gasteiger partial charge in [-0.25, -0.2) is 0 Å². The van der Waals surface area contributed by atoms with Gasteiger partial charge in [-0.15, -0.1) is 11.3 Å². The first-order valence-corrected chi connectivity index (χ1v) is 10.0. The molecule has 0 unspecified atom stereocenters. The smallest absolute Gasteiger partial charge is 0.129 e. The number of thiophene rings is 1. The minimum atomic E-state index is 0.337. The highest BCUT2D eigenvalue weighted by atomic mass is 32.1. The lowest BCUT2D eigenvalue weighted by atomic mass is 10.1. The highest BCUT2D eigenvalue weighted by Crippen LogP contribution is 2.18. The largest absolute Gasteiger partial charge is 0.300 e. The van der Waals surface area contributed by atoms with E-state index in [4.69, 9.17) is 0 Å². The first-order chi connectivity index (χ1) is 11.2. The molecular formula is C21H34OS. The van der Waals surface area contributed by atoms with Crippen LogP contribution in [0.5, 0.6) is 0 Å². The normalized spacial score (nSPS) is 9.57. The Bertz CT molecular complexity index is 471. The van der Waals surface area contributed by atoms with Crippen molar-refractivity contribution < 1.29 is 4.79 Å². The Morgan fingerprint density at radius 1 is 0.913 bits per heavy atom. The van der Waals surface area contributed by atoms with Crippen LogP contribution in [0, 0.1) is 0 Å². The van der Waals surface area contributed by atoms with E-state index >= 15 is 0 Å². The van der Waals surface area contributed by atoms with Gasteiger partial charge in [0, 0.05) is 11.1 Å². The number of ketones is 1. The Hall–Kier alpha value is -1.15. The Morgan fingerprint density at radius 3 is 2.13 bits per heavy atom. The van der Waals surface area contributed by atoms with Crippen LogP contribution < -0.4 is 0 Å². The highest BCUT2D eigenvalue weighted by molar-refractivity contribution is 7.17. The van der Waals surface area contributed by atoms with Crippen molar-refractivity contribution in [1.29, 1.82) is 0 Å². The highest BCUT2D eigenvalue weighted by Gasteiger charge is 1.93. The molecule has 0 aliphatic heterocycles. The number of hydrogen-bond acceptors (Lipinski definition) is 2. The zero-order valence-electron chi connectivity index (χ0n) is 15.4. The van der Waals surface area contributed by atoms with Crippen LogP contribution in [0.15, 0.2) is 35.7 Å². The zero-order valence-corrected chi connectivity index (χ0v) is 16.3. The molecule has 0 N–H and O–H groups in total. The van der Waals surface area contributed by atoms with E-state index in [0.717, 1.165) is 12.8 Å². The fourth-order valence-corrected chi connectivity index (χ4v) is 3.03. The number of fused-ring (bicyclic) bond motifs is 1. The molecule has 1 nitrogen and oxygen atoms in total. The fourth-order valence-electron chi connectivity index (χ4n) is 2.24. The van der Waals surface area contributed by atoms with Crippen LogP contribution in [-0.4, -0.2) is 5.78 Å². The van der Waals surface area contributed by atoms with Crippen molar-refractivity contribution in [3.8, 4) is 0 Å². The predicted molar refractivity (Wildman–Crippen MR) is 106 cm³/mol. The number of Topliss-reactive ketones (excluding diaryl/α,β-unsaturated/α-hetero) is 1.